The van der Waals surface area contributed by atoms with Crippen molar-refractivity contribution in [2.45, 2.75) is 6.04 Å². The third-order valence-electron chi connectivity index (χ3n) is 2.54. The predicted octanol–water partition coefficient (Wildman–Crippen LogP) is 3.67. The van der Waals surface area contributed by atoms with Gasteiger partial charge in [-0.25, -0.2) is 4.39 Å². The highest BCUT2D eigenvalue weighted by Gasteiger charge is 2.09. The second-order valence-corrected chi connectivity index (χ2v) is 4.82. The number of benzene rings is 2. The van der Waals surface area contributed by atoms with Gasteiger partial charge >= 0.3 is 0 Å². The molecule has 18 heavy (non-hydrogen) atoms. The van der Waals surface area contributed by atoms with Crippen LogP contribution in [0.15, 0.2) is 53.0 Å². The van der Waals surface area contributed by atoms with Gasteiger partial charge < -0.3 is 10.5 Å². The van der Waals surface area contributed by atoms with Gasteiger partial charge in [0.05, 0.1) is 6.04 Å². The molecule has 0 radical (unpaired) electrons. The summed E-state index contributed by atoms with van der Waals surface area (Å²) >= 11 is 3.19. The number of ether oxygens (including phenoxy) is 1. The molecule has 2 aromatic rings. The number of halogens is 2. The maximum Gasteiger partial charge on any atom is 0.166 e. The van der Waals surface area contributed by atoms with E-state index in [0.29, 0.717) is 4.47 Å². The number of nitrogens with two attached hydrogens (primary N) is 1. The Labute approximate surface area is 114 Å². The lowest BCUT2D eigenvalue weighted by Gasteiger charge is -2.14. The Balaban J connectivity index is 1.99. The molecule has 0 aliphatic carbocycles. The van der Waals surface area contributed by atoms with E-state index in [1.54, 1.807) is 12.1 Å². The summed E-state index contributed by atoms with van der Waals surface area (Å²) in [7, 11) is 0. The molecule has 0 aromatic heterocycles. The van der Waals surface area contributed by atoms with Crippen molar-refractivity contribution in [3.05, 3.63) is 64.4 Å². The van der Waals surface area contributed by atoms with Gasteiger partial charge in [-0.2, -0.15) is 0 Å². The largest absolute Gasteiger partial charge is 0.489 e. The van der Waals surface area contributed by atoms with Crippen molar-refractivity contribution in [3.63, 3.8) is 0 Å². The molecule has 0 spiro atoms. The third kappa shape index (κ3) is 3.31. The van der Waals surface area contributed by atoms with Crippen LogP contribution >= 0.6 is 15.9 Å². The molecule has 0 bridgehead atoms. The van der Waals surface area contributed by atoms with Crippen molar-refractivity contribution in [1.82, 2.24) is 0 Å². The first-order chi connectivity index (χ1) is 8.66. The zero-order chi connectivity index (χ0) is 13.0. The molecule has 0 fully saturated rings. The Morgan fingerprint density at radius 2 is 1.89 bits per heavy atom. The average molecular weight is 310 g/mol. The first-order valence-electron chi connectivity index (χ1n) is 5.55. The Morgan fingerprint density at radius 1 is 1.17 bits per heavy atom. The van der Waals surface area contributed by atoms with E-state index in [1.807, 2.05) is 30.3 Å². The molecule has 4 heteroatoms. The zero-order valence-electron chi connectivity index (χ0n) is 9.64. The smallest absolute Gasteiger partial charge is 0.166 e. The molecule has 94 valence electrons. The normalized spacial score (nSPS) is 12.2. The highest BCUT2D eigenvalue weighted by atomic mass is 79.9. The predicted molar refractivity (Wildman–Crippen MR) is 73.0 cm³/mol. The maximum atomic E-state index is 13.5. The quantitative estimate of drug-likeness (QED) is 0.935. The van der Waals surface area contributed by atoms with Gasteiger partial charge in [-0.05, 0) is 23.8 Å². The molecule has 2 nitrogen and oxygen atoms in total. The molecule has 2 aromatic carbocycles. The van der Waals surface area contributed by atoms with Gasteiger partial charge in [0.2, 0.25) is 0 Å². The van der Waals surface area contributed by atoms with Gasteiger partial charge in [-0.15, -0.1) is 0 Å². The van der Waals surface area contributed by atoms with Crippen LogP contribution in [-0.4, -0.2) is 6.61 Å². The summed E-state index contributed by atoms with van der Waals surface area (Å²) in [4.78, 5) is 0. The molecule has 2 rings (SSSR count). The lowest BCUT2D eigenvalue weighted by Crippen LogP contribution is -2.19. The second-order valence-electron chi connectivity index (χ2n) is 3.90. The topological polar surface area (TPSA) is 35.2 Å². The van der Waals surface area contributed by atoms with E-state index in [-0.39, 0.29) is 18.4 Å². The summed E-state index contributed by atoms with van der Waals surface area (Å²) in [5, 5.41) is 0. The number of rotatable bonds is 4. The summed E-state index contributed by atoms with van der Waals surface area (Å²) in [6.45, 7) is 0.239. The van der Waals surface area contributed by atoms with Crippen LogP contribution in [0.25, 0.3) is 0 Å². The molecule has 0 saturated carbocycles. The van der Waals surface area contributed by atoms with E-state index < -0.39 is 5.82 Å². The lowest BCUT2D eigenvalue weighted by atomic mass is 10.1. The second kappa shape index (κ2) is 5.98. The minimum absolute atomic E-state index is 0.213. The molecule has 2 N–H and O–H groups in total. The van der Waals surface area contributed by atoms with Gasteiger partial charge in [0.25, 0.3) is 0 Å². The van der Waals surface area contributed by atoms with Crippen LogP contribution in [0.1, 0.15) is 11.6 Å². The van der Waals surface area contributed by atoms with Crippen molar-refractivity contribution in [2.24, 2.45) is 5.73 Å². The van der Waals surface area contributed by atoms with Crippen LogP contribution in [-0.2, 0) is 0 Å². The van der Waals surface area contributed by atoms with E-state index in [1.165, 1.54) is 6.07 Å². The van der Waals surface area contributed by atoms with Crippen LogP contribution in [0.4, 0.5) is 4.39 Å². The summed E-state index contributed by atoms with van der Waals surface area (Å²) in [6.07, 6.45) is 0. The van der Waals surface area contributed by atoms with E-state index in [0.717, 1.165) is 5.56 Å². The van der Waals surface area contributed by atoms with Crippen LogP contribution in [0.2, 0.25) is 0 Å². The van der Waals surface area contributed by atoms with Crippen molar-refractivity contribution in [2.75, 3.05) is 6.61 Å². The fourth-order valence-corrected chi connectivity index (χ4v) is 1.90. The zero-order valence-corrected chi connectivity index (χ0v) is 11.2. The Kier molecular flexibility index (Phi) is 4.33. The van der Waals surface area contributed by atoms with Crippen LogP contribution < -0.4 is 10.5 Å². The van der Waals surface area contributed by atoms with E-state index >= 15 is 0 Å². The van der Waals surface area contributed by atoms with Crippen molar-refractivity contribution in [3.8, 4) is 5.75 Å². The van der Waals surface area contributed by atoms with Gasteiger partial charge in [-0.1, -0.05) is 46.3 Å². The summed E-state index contributed by atoms with van der Waals surface area (Å²) in [5.41, 5.74) is 6.93. The fourth-order valence-electron chi connectivity index (χ4n) is 1.57. The SMILES string of the molecule is NC(COc1ccc(Br)cc1F)c1ccccc1. The minimum atomic E-state index is -0.398. The Hall–Kier alpha value is -1.39. The van der Waals surface area contributed by atoms with Gasteiger partial charge in [0.1, 0.15) is 6.61 Å². The third-order valence-corrected chi connectivity index (χ3v) is 3.03. The lowest BCUT2D eigenvalue weighted by molar-refractivity contribution is 0.277. The average Bonchev–Trinajstić information content (AvgIpc) is 2.38. The Bertz CT molecular complexity index is 518. The first kappa shape index (κ1) is 13.1. The van der Waals surface area contributed by atoms with E-state index in [4.69, 9.17) is 10.5 Å². The van der Waals surface area contributed by atoms with Crippen molar-refractivity contribution in [1.29, 1.82) is 0 Å². The number of hydrogen-bond acceptors (Lipinski definition) is 2. The molecule has 0 aliphatic heterocycles. The molecule has 0 amide bonds. The molecule has 0 aliphatic rings. The van der Waals surface area contributed by atoms with Gasteiger partial charge in [0, 0.05) is 4.47 Å². The highest BCUT2D eigenvalue weighted by Crippen LogP contribution is 2.22. The summed E-state index contributed by atoms with van der Waals surface area (Å²) < 4.78 is 19.6. The molecule has 0 saturated heterocycles. The summed E-state index contributed by atoms with van der Waals surface area (Å²) in [5.74, 6) is -0.186. The fraction of sp³-hybridized carbons (Fsp3) is 0.143. The van der Waals surface area contributed by atoms with Crippen molar-refractivity contribution >= 4 is 15.9 Å². The standard InChI is InChI=1S/C14H13BrFNO/c15-11-6-7-14(12(16)8-11)18-9-13(17)10-4-2-1-3-5-10/h1-8,13H,9,17H2. The highest BCUT2D eigenvalue weighted by molar-refractivity contribution is 9.10. The van der Waals surface area contributed by atoms with Crippen LogP contribution in [0.5, 0.6) is 5.75 Å². The van der Waals surface area contributed by atoms with Gasteiger partial charge in [0.15, 0.2) is 11.6 Å². The first-order valence-corrected chi connectivity index (χ1v) is 6.34. The Morgan fingerprint density at radius 3 is 2.56 bits per heavy atom. The van der Waals surface area contributed by atoms with E-state index in [9.17, 15) is 4.39 Å². The van der Waals surface area contributed by atoms with Crippen molar-refractivity contribution < 1.29 is 9.13 Å². The monoisotopic (exact) mass is 309 g/mol. The minimum Gasteiger partial charge on any atom is -0.489 e. The molecular weight excluding hydrogens is 297 g/mol. The molecular formula is C14H13BrFNO. The van der Waals surface area contributed by atoms with Gasteiger partial charge in [-0.3, -0.25) is 0 Å². The number of hydrogen-bond donors (Lipinski definition) is 1. The van der Waals surface area contributed by atoms with Crippen LogP contribution in [0.3, 0.4) is 0 Å². The van der Waals surface area contributed by atoms with Crippen LogP contribution in [0, 0.1) is 5.82 Å². The summed E-state index contributed by atoms with van der Waals surface area (Å²) in [6, 6.07) is 14.0. The molecule has 1 atom stereocenters. The maximum absolute atomic E-state index is 13.5. The molecule has 0 heterocycles. The van der Waals surface area contributed by atoms with E-state index in [2.05, 4.69) is 15.9 Å². The molecule has 1 unspecified atom stereocenters.